The van der Waals surface area contributed by atoms with Crippen LogP contribution >= 0.6 is 0 Å². The van der Waals surface area contributed by atoms with E-state index in [0.717, 1.165) is 50.9 Å². The molecule has 1 fully saturated rings. The molecular weight excluding hydrogens is 352 g/mol. The van der Waals surface area contributed by atoms with Gasteiger partial charge in [-0.25, -0.2) is 4.39 Å². The Morgan fingerprint density at radius 1 is 1.12 bits per heavy atom. The first-order valence-electron chi connectivity index (χ1n) is 9.08. The Balaban J connectivity index is 1.66. The Labute approximate surface area is 151 Å². The van der Waals surface area contributed by atoms with Gasteiger partial charge < -0.3 is 14.2 Å². The van der Waals surface area contributed by atoms with Crippen molar-refractivity contribution in [1.82, 2.24) is 0 Å². The fourth-order valence-electron chi connectivity index (χ4n) is 2.94. The number of hydrogen-bond donors (Lipinski definition) is 0. The molecule has 148 valence electrons. The first-order valence-corrected chi connectivity index (χ1v) is 9.08. The van der Waals surface area contributed by atoms with E-state index in [0.29, 0.717) is 12.3 Å². The SMILES string of the molecule is CCCC1COC(CCCCc2ccc(OCC(F)(F)F)c(F)c2)OC1. The van der Waals surface area contributed by atoms with E-state index in [9.17, 15) is 17.6 Å². The van der Waals surface area contributed by atoms with Crippen molar-refractivity contribution in [3.05, 3.63) is 29.6 Å². The number of alkyl halides is 3. The van der Waals surface area contributed by atoms with Crippen molar-refractivity contribution in [1.29, 1.82) is 0 Å². The second-order valence-electron chi connectivity index (χ2n) is 6.67. The lowest BCUT2D eigenvalue weighted by molar-refractivity contribution is -0.204. The molecule has 7 heteroatoms. The summed E-state index contributed by atoms with van der Waals surface area (Å²) in [5.41, 5.74) is 0.732. The molecule has 1 aliphatic rings. The molecule has 0 aliphatic carbocycles. The fraction of sp³-hybridized carbons (Fsp3) is 0.684. The molecule has 2 rings (SSSR count). The first-order chi connectivity index (χ1) is 12.4. The summed E-state index contributed by atoms with van der Waals surface area (Å²) >= 11 is 0. The van der Waals surface area contributed by atoms with Crippen molar-refractivity contribution in [3.8, 4) is 5.75 Å². The van der Waals surface area contributed by atoms with Crippen LogP contribution in [0.1, 0.15) is 44.6 Å². The van der Waals surface area contributed by atoms with Crippen LogP contribution in [-0.2, 0) is 15.9 Å². The molecule has 0 radical (unpaired) electrons. The molecule has 0 saturated carbocycles. The standard InChI is InChI=1S/C19H26F4O3/c1-2-5-15-11-24-18(25-12-15)7-4-3-6-14-8-9-17(16(20)10-14)26-13-19(21,22)23/h8-10,15,18H,2-7,11-13H2,1H3. The maximum Gasteiger partial charge on any atom is 0.422 e. The van der Waals surface area contributed by atoms with Crippen LogP contribution in [0.25, 0.3) is 0 Å². The fourth-order valence-corrected chi connectivity index (χ4v) is 2.94. The van der Waals surface area contributed by atoms with Crippen molar-refractivity contribution in [2.24, 2.45) is 5.92 Å². The summed E-state index contributed by atoms with van der Waals surface area (Å²) in [6, 6.07) is 4.07. The van der Waals surface area contributed by atoms with Gasteiger partial charge in [-0.05, 0) is 49.8 Å². The zero-order chi connectivity index (χ0) is 19.0. The van der Waals surface area contributed by atoms with E-state index >= 15 is 0 Å². The van der Waals surface area contributed by atoms with Crippen LogP contribution in [0.4, 0.5) is 17.6 Å². The summed E-state index contributed by atoms with van der Waals surface area (Å²) in [6.07, 6.45) is 0.708. The molecule has 26 heavy (non-hydrogen) atoms. The van der Waals surface area contributed by atoms with Gasteiger partial charge in [-0.2, -0.15) is 13.2 Å². The van der Waals surface area contributed by atoms with Crippen molar-refractivity contribution < 1.29 is 31.8 Å². The van der Waals surface area contributed by atoms with E-state index in [1.807, 2.05) is 0 Å². The van der Waals surface area contributed by atoms with Gasteiger partial charge in [-0.3, -0.25) is 0 Å². The van der Waals surface area contributed by atoms with Crippen LogP contribution in [0.2, 0.25) is 0 Å². The van der Waals surface area contributed by atoms with Gasteiger partial charge in [0.25, 0.3) is 0 Å². The van der Waals surface area contributed by atoms with Crippen LogP contribution in [0.3, 0.4) is 0 Å². The monoisotopic (exact) mass is 378 g/mol. The van der Waals surface area contributed by atoms with Crippen LogP contribution in [0, 0.1) is 11.7 Å². The first kappa shape index (κ1) is 21.0. The number of halogens is 4. The summed E-state index contributed by atoms with van der Waals surface area (Å²) < 4.78 is 65.9. The number of benzene rings is 1. The number of rotatable bonds is 9. The van der Waals surface area contributed by atoms with E-state index in [1.54, 1.807) is 6.07 Å². The predicted octanol–water partition coefficient (Wildman–Crippen LogP) is 5.27. The zero-order valence-electron chi connectivity index (χ0n) is 15.0. The lowest BCUT2D eigenvalue weighted by atomic mass is 10.0. The highest BCUT2D eigenvalue weighted by atomic mass is 19.4. The summed E-state index contributed by atoms with van der Waals surface area (Å²) in [5, 5.41) is 0. The molecule has 1 saturated heterocycles. The number of hydrogen-bond acceptors (Lipinski definition) is 3. The van der Waals surface area contributed by atoms with Crippen LogP contribution in [0.5, 0.6) is 5.75 Å². The van der Waals surface area contributed by atoms with Gasteiger partial charge >= 0.3 is 6.18 Å². The number of unbranched alkanes of at least 4 members (excludes halogenated alkanes) is 1. The molecule has 1 aromatic carbocycles. The smallest absolute Gasteiger partial charge is 0.422 e. The summed E-state index contributed by atoms with van der Waals surface area (Å²) in [5.74, 6) is -0.665. The summed E-state index contributed by atoms with van der Waals surface area (Å²) in [6.45, 7) is 2.12. The van der Waals surface area contributed by atoms with E-state index in [2.05, 4.69) is 11.7 Å². The molecule has 0 aromatic heterocycles. The predicted molar refractivity (Wildman–Crippen MR) is 89.6 cm³/mol. The lowest BCUT2D eigenvalue weighted by Crippen LogP contribution is -2.31. The van der Waals surface area contributed by atoms with Gasteiger partial charge in [0.2, 0.25) is 0 Å². The molecule has 0 unspecified atom stereocenters. The van der Waals surface area contributed by atoms with Crippen LogP contribution in [-0.4, -0.2) is 32.3 Å². The van der Waals surface area contributed by atoms with Crippen molar-refractivity contribution in [2.45, 2.75) is 57.9 Å². The molecular formula is C19H26F4O3. The quantitative estimate of drug-likeness (QED) is 0.433. The topological polar surface area (TPSA) is 27.7 Å². The third-order valence-corrected chi connectivity index (χ3v) is 4.28. The Morgan fingerprint density at radius 2 is 1.85 bits per heavy atom. The number of ether oxygens (including phenoxy) is 3. The molecule has 1 aliphatic heterocycles. The van der Waals surface area contributed by atoms with Gasteiger partial charge in [0.1, 0.15) is 0 Å². The third kappa shape index (κ3) is 7.50. The van der Waals surface area contributed by atoms with E-state index in [1.165, 1.54) is 12.1 Å². The molecule has 0 N–H and O–H groups in total. The van der Waals surface area contributed by atoms with Gasteiger partial charge in [0, 0.05) is 5.92 Å². The highest BCUT2D eigenvalue weighted by molar-refractivity contribution is 5.29. The number of aryl methyl sites for hydroxylation is 1. The molecule has 0 bridgehead atoms. The highest BCUT2D eigenvalue weighted by Crippen LogP contribution is 2.24. The van der Waals surface area contributed by atoms with Gasteiger partial charge in [-0.15, -0.1) is 0 Å². The molecule has 0 amide bonds. The molecule has 0 spiro atoms. The molecule has 1 aromatic rings. The second-order valence-corrected chi connectivity index (χ2v) is 6.67. The molecule has 0 atom stereocenters. The molecule has 3 nitrogen and oxygen atoms in total. The van der Waals surface area contributed by atoms with Crippen LogP contribution in [0.15, 0.2) is 18.2 Å². The minimum atomic E-state index is -4.48. The molecule has 1 heterocycles. The van der Waals surface area contributed by atoms with Crippen LogP contribution < -0.4 is 4.74 Å². The average Bonchev–Trinajstić information content (AvgIpc) is 2.59. The van der Waals surface area contributed by atoms with Crippen molar-refractivity contribution >= 4 is 0 Å². The Morgan fingerprint density at radius 3 is 2.46 bits per heavy atom. The van der Waals surface area contributed by atoms with Crippen molar-refractivity contribution in [3.63, 3.8) is 0 Å². The van der Waals surface area contributed by atoms with Gasteiger partial charge in [0.15, 0.2) is 24.5 Å². The maximum absolute atomic E-state index is 13.8. The Bertz CT molecular complexity index is 540. The van der Waals surface area contributed by atoms with E-state index in [-0.39, 0.29) is 12.0 Å². The normalized spacial score (nSPS) is 21.0. The minimum absolute atomic E-state index is 0.169. The Kier molecular flexibility index (Phi) is 8.15. The third-order valence-electron chi connectivity index (χ3n) is 4.28. The highest BCUT2D eigenvalue weighted by Gasteiger charge is 2.29. The maximum atomic E-state index is 13.8. The summed E-state index contributed by atoms with van der Waals surface area (Å²) in [4.78, 5) is 0. The lowest BCUT2D eigenvalue weighted by Gasteiger charge is -2.29. The zero-order valence-corrected chi connectivity index (χ0v) is 15.0. The second kappa shape index (κ2) is 10.1. The van der Waals surface area contributed by atoms with Crippen molar-refractivity contribution in [2.75, 3.05) is 19.8 Å². The van der Waals surface area contributed by atoms with E-state index < -0.39 is 18.6 Å². The largest absolute Gasteiger partial charge is 0.481 e. The Hall–Kier alpha value is -1.34. The van der Waals surface area contributed by atoms with E-state index in [4.69, 9.17) is 9.47 Å². The van der Waals surface area contributed by atoms with Gasteiger partial charge in [-0.1, -0.05) is 19.4 Å². The minimum Gasteiger partial charge on any atom is -0.481 e. The van der Waals surface area contributed by atoms with Gasteiger partial charge in [0.05, 0.1) is 13.2 Å². The average molecular weight is 378 g/mol. The summed E-state index contributed by atoms with van der Waals surface area (Å²) in [7, 11) is 0.